The first-order valence-electron chi connectivity index (χ1n) is 12.4. The number of nitrogens with zero attached hydrogens (tertiary/aromatic N) is 3. The number of carboxylic acid groups (broad SMARTS) is 1. The summed E-state index contributed by atoms with van der Waals surface area (Å²) in [6, 6.07) is 4.98. The summed E-state index contributed by atoms with van der Waals surface area (Å²) in [5.74, 6) is -0.724. The Labute approximate surface area is 205 Å². The molecule has 2 aliphatic heterocycles. The number of amides is 1. The molecule has 1 aromatic rings. The van der Waals surface area contributed by atoms with Crippen molar-refractivity contribution in [2.45, 2.75) is 69.2 Å². The van der Waals surface area contributed by atoms with Gasteiger partial charge < -0.3 is 9.84 Å². The number of fused-ring (bicyclic) bond motifs is 2. The van der Waals surface area contributed by atoms with E-state index in [-0.39, 0.29) is 30.7 Å². The van der Waals surface area contributed by atoms with Crippen LogP contribution >= 0.6 is 11.6 Å². The van der Waals surface area contributed by atoms with Crippen LogP contribution in [0, 0.1) is 5.92 Å². The van der Waals surface area contributed by atoms with Gasteiger partial charge in [0, 0.05) is 36.8 Å². The third-order valence-corrected chi connectivity index (χ3v) is 8.01. The average Bonchev–Trinajstić information content (AvgIpc) is 3.01. The van der Waals surface area contributed by atoms with Crippen molar-refractivity contribution in [1.29, 1.82) is 0 Å². The number of ether oxygens (including phenoxy) is 1. The quantitative estimate of drug-likeness (QED) is 0.682. The molecule has 5 rings (SSSR count). The van der Waals surface area contributed by atoms with Crippen LogP contribution in [0.3, 0.4) is 0 Å². The maximum absolute atomic E-state index is 13.0. The number of allylic oxidation sites excluding steroid dienone is 1. The van der Waals surface area contributed by atoms with Crippen LogP contribution in [0.2, 0.25) is 5.02 Å². The van der Waals surface area contributed by atoms with Crippen molar-refractivity contribution in [1.82, 2.24) is 9.80 Å². The molecule has 4 aliphatic rings. The van der Waals surface area contributed by atoms with Gasteiger partial charge in [0.05, 0.1) is 12.1 Å². The molecule has 0 bridgehead atoms. The summed E-state index contributed by atoms with van der Waals surface area (Å²) < 4.78 is 5.73. The molecule has 34 heavy (non-hydrogen) atoms. The molecule has 0 spiro atoms. The van der Waals surface area contributed by atoms with Crippen molar-refractivity contribution in [2.75, 3.05) is 19.6 Å². The van der Waals surface area contributed by atoms with Gasteiger partial charge in [0.2, 0.25) is 0 Å². The average molecular weight is 486 g/mol. The van der Waals surface area contributed by atoms with E-state index in [0.717, 1.165) is 44.1 Å². The van der Waals surface area contributed by atoms with Crippen LogP contribution in [0.1, 0.15) is 55.7 Å². The standard InChI is InChI=1S/C26H32ClN3O4/c27-19-10-11-21-18(15-19)9-8-17-5-4-12-28-23(17)24(21)29-13-14-30(22(16-29)25(31)32)26(33)34-20-6-2-1-3-7-20/h4-5,10-12,15,17,20,22-24H,1-3,6-9,13-14,16H2,(H,31,32)/t17?,22-,23?,24?/m1/s1. The van der Waals surface area contributed by atoms with Crippen LogP contribution in [0.4, 0.5) is 4.79 Å². The van der Waals surface area contributed by atoms with Crippen LogP contribution in [0.15, 0.2) is 35.3 Å². The molecule has 2 aliphatic carbocycles. The molecule has 7 nitrogen and oxygen atoms in total. The number of halogens is 1. The minimum absolute atomic E-state index is 0.00242. The Bertz CT molecular complexity index is 990. The van der Waals surface area contributed by atoms with E-state index in [4.69, 9.17) is 21.3 Å². The lowest BCUT2D eigenvalue weighted by Gasteiger charge is -2.45. The lowest BCUT2D eigenvalue weighted by atomic mass is 9.87. The minimum atomic E-state index is -1.00. The van der Waals surface area contributed by atoms with Gasteiger partial charge in [-0.2, -0.15) is 0 Å². The van der Waals surface area contributed by atoms with Crippen LogP contribution in [0.25, 0.3) is 0 Å². The van der Waals surface area contributed by atoms with Crippen molar-refractivity contribution in [2.24, 2.45) is 10.9 Å². The second kappa shape index (κ2) is 10.1. The highest BCUT2D eigenvalue weighted by atomic mass is 35.5. The number of aliphatic imine (C=N–C) groups is 1. The monoisotopic (exact) mass is 485 g/mol. The van der Waals surface area contributed by atoms with E-state index >= 15 is 0 Å². The highest BCUT2D eigenvalue weighted by molar-refractivity contribution is 6.30. The second-order valence-electron chi connectivity index (χ2n) is 9.85. The molecule has 2 heterocycles. The summed E-state index contributed by atoms with van der Waals surface area (Å²) in [7, 11) is 0. The van der Waals surface area contributed by atoms with E-state index in [1.54, 1.807) is 0 Å². The van der Waals surface area contributed by atoms with Crippen LogP contribution in [0.5, 0.6) is 0 Å². The SMILES string of the molecule is O=C(O)[C@H]1CN(C2c3ccc(Cl)cc3CCC3C=CC=NC32)CCN1C(=O)OC1CCCCC1. The fraction of sp³-hybridized carbons (Fsp3) is 0.577. The molecule has 1 saturated carbocycles. The Hall–Kier alpha value is -2.38. The number of hydrogen-bond donors (Lipinski definition) is 1. The van der Waals surface area contributed by atoms with Gasteiger partial charge in [-0.15, -0.1) is 0 Å². The Morgan fingerprint density at radius 3 is 2.74 bits per heavy atom. The normalized spacial score (nSPS) is 29.7. The first-order valence-corrected chi connectivity index (χ1v) is 12.8. The number of carbonyl (C=O) groups is 2. The number of dihydropyridines is 1. The largest absolute Gasteiger partial charge is 0.480 e. The Balaban J connectivity index is 1.40. The molecule has 3 unspecified atom stereocenters. The molecule has 0 aromatic heterocycles. The lowest BCUT2D eigenvalue weighted by Crippen LogP contribution is -2.60. The highest BCUT2D eigenvalue weighted by Gasteiger charge is 2.44. The predicted molar refractivity (Wildman–Crippen MR) is 130 cm³/mol. The van der Waals surface area contributed by atoms with Crippen molar-refractivity contribution in [3.63, 3.8) is 0 Å². The molecular formula is C26H32ClN3O4. The highest BCUT2D eigenvalue weighted by Crippen LogP contribution is 2.41. The fourth-order valence-corrected chi connectivity index (χ4v) is 6.22. The summed E-state index contributed by atoms with van der Waals surface area (Å²) >= 11 is 6.32. The smallest absolute Gasteiger partial charge is 0.410 e. The molecule has 1 amide bonds. The van der Waals surface area contributed by atoms with E-state index in [2.05, 4.69) is 17.0 Å². The van der Waals surface area contributed by atoms with Gasteiger partial charge in [-0.1, -0.05) is 30.2 Å². The first kappa shape index (κ1) is 23.4. The molecule has 4 atom stereocenters. The number of aryl methyl sites for hydroxylation is 1. The molecule has 182 valence electrons. The zero-order valence-corrected chi connectivity index (χ0v) is 20.1. The molecule has 1 N–H and O–H groups in total. The maximum Gasteiger partial charge on any atom is 0.410 e. The summed E-state index contributed by atoms with van der Waals surface area (Å²) in [6.07, 6.45) is 12.3. The van der Waals surface area contributed by atoms with Gasteiger partial charge in [-0.05, 0) is 67.9 Å². The van der Waals surface area contributed by atoms with Gasteiger partial charge in [0.15, 0.2) is 0 Å². The second-order valence-corrected chi connectivity index (χ2v) is 10.3. The van der Waals surface area contributed by atoms with Crippen LogP contribution in [-0.4, -0.2) is 71.0 Å². The van der Waals surface area contributed by atoms with E-state index < -0.39 is 18.1 Å². The Kier molecular flexibility index (Phi) is 6.93. The molecule has 1 saturated heterocycles. The number of carbonyl (C=O) groups excluding carboxylic acids is 1. The molecular weight excluding hydrogens is 454 g/mol. The summed E-state index contributed by atoms with van der Waals surface area (Å²) in [5, 5.41) is 10.8. The van der Waals surface area contributed by atoms with E-state index in [1.165, 1.54) is 16.9 Å². The van der Waals surface area contributed by atoms with Gasteiger partial charge >= 0.3 is 12.1 Å². The lowest BCUT2D eigenvalue weighted by molar-refractivity contribution is -0.146. The number of hydrogen-bond acceptors (Lipinski definition) is 5. The number of benzene rings is 1. The van der Waals surface area contributed by atoms with E-state index in [0.29, 0.717) is 18.1 Å². The number of carboxylic acids is 1. The summed E-state index contributed by atoms with van der Waals surface area (Å²) in [6.45, 7) is 1.13. The molecule has 0 radical (unpaired) electrons. The number of piperazine rings is 1. The van der Waals surface area contributed by atoms with Crippen LogP contribution in [-0.2, 0) is 16.0 Å². The van der Waals surface area contributed by atoms with Crippen molar-refractivity contribution >= 4 is 29.9 Å². The summed E-state index contributed by atoms with van der Waals surface area (Å²) in [4.78, 5) is 33.7. The van der Waals surface area contributed by atoms with Gasteiger partial charge in [0.1, 0.15) is 12.1 Å². The van der Waals surface area contributed by atoms with E-state index in [9.17, 15) is 14.7 Å². The van der Waals surface area contributed by atoms with Crippen LogP contribution < -0.4 is 0 Å². The summed E-state index contributed by atoms with van der Waals surface area (Å²) in [5.41, 5.74) is 2.35. The fourth-order valence-electron chi connectivity index (χ4n) is 6.03. The molecule has 2 fully saturated rings. The van der Waals surface area contributed by atoms with Gasteiger partial charge in [-0.3, -0.25) is 14.8 Å². The zero-order valence-electron chi connectivity index (χ0n) is 19.3. The maximum atomic E-state index is 13.0. The predicted octanol–water partition coefficient (Wildman–Crippen LogP) is 4.49. The van der Waals surface area contributed by atoms with Crippen molar-refractivity contribution in [3.8, 4) is 0 Å². The zero-order chi connectivity index (χ0) is 23.7. The first-order chi connectivity index (χ1) is 16.5. The molecule has 1 aromatic carbocycles. The number of aliphatic carboxylic acids is 1. The molecule has 8 heteroatoms. The van der Waals surface area contributed by atoms with Crippen molar-refractivity contribution < 1.29 is 19.4 Å². The van der Waals surface area contributed by atoms with Gasteiger partial charge in [0.25, 0.3) is 0 Å². The Morgan fingerprint density at radius 1 is 1.12 bits per heavy atom. The van der Waals surface area contributed by atoms with Gasteiger partial charge in [-0.25, -0.2) is 9.59 Å². The number of rotatable bonds is 3. The van der Waals surface area contributed by atoms with E-state index in [1.807, 2.05) is 24.4 Å². The minimum Gasteiger partial charge on any atom is -0.480 e. The Morgan fingerprint density at radius 2 is 1.94 bits per heavy atom. The topological polar surface area (TPSA) is 82.4 Å². The third kappa shape index (κ3) is 4.73. The van der Waals surface area contributed by atoms with Crippen molar-refractivity contribution in [3.05, 3.63) is 46.5 Å². The third-order valence-electron chi connectivity index (χ3n) is 7.78.